The Labute approximate surface area is 90.3 Å². The fraction of sp³-hybridized carbons (Fsp3) is 0.500. The molecule has 0 amide bonds. The highest BCUT2D eigenvalue weighted by atomic mass is 19.1. The molecule has 0 heterocycles. The highest BCUT2D eigenvalue weighted by Gasteiger charge is 2.15. The van der Waals surface area contributed by atoms with Crippen molar-refractivity contribution in [2.24, 2.45) is 0 Å². The minimum absolute atomic E-state index is 0.339. The number of rotatable bonds is 4. The summed E-state index contributed by atoms with van der Waals surface area (Å²) in [5.41, 5.74) is 0.366. The van der Waals surface area contributed by atoms with E-state index in [1.165, 1.54) is 6.07 Å². The Bertz CT molecular complexity index is 314. The molecule has 84 valence electrons. The van der Waals surface area contributed by atoms with E-state index in [-0.39, 0.29) is 5.82 Å². The Balaban J connectivity index is 2.69. The van der Waals surface area contributed by atoms with Crippen LogP contribution in [-0.2, 0) is 0 Å². The molecule has 2 nitrogen and oxygen atoms in total. The van der Waals surface area contributed by atoms with E-state index in [1.807, 2.05) is 25.8 Å². The summed E-state index contributed by atoms with van der Waals surface area (Å²) in [6.07, 6.45) is -0.765. The largest absolute Gasteiger partial charge is 0.387 e. The van der Waals surface area contributed by atoms with Crippen LogP contribution in [0, 0.1) is 5.82 Å². The molecular weight excluding hydrogens is 193 g/mol. The molecule has 0 aliphatic heterocycles. The van der Waals surface area contributed by atoms with Crippen molar-refractivity contribution in [2.75, 3.05) is 13.6 Å². The van der Waals surface area contributed by atoms with E-state index >= 15 is 0 Å². The topological polar surface area (TPSA) is 23.5 Å². The van der Waals surface area contributed by atoms with Gasteiger partial charge in [0.15, 0.2) is 0 Å². The van der Waals surface area contributed by atoms with E-state index in [1.54, 1.807) is 18.2 Å². The molecule has 1 atom stereocenters. The zero-order valence-corrected chi connectivity index (χ0v) is 9.44. The molecule has 0 bridgehead atoms. The van der Waals surface area contributed by atoms with Crippen LogP contribution in [0.25, 0.3) is 0 Å². The summed E-state index contributed by atoms with van der Waals surface area (Å²) in [6, 6.07) is 6.68. The lowest BCUT2D eigenvalue weighted by Gasteiger charge is -2.24. The van der Waals surface area contributed by atoms with E-state index < -0.39 is 6.10 Å². The molecule has 0 spiro atoms. The molecule has 1 aromatic carbocycles. The van der Waals surface area contributed by atoms with Gasteiger partial charge in [-0.05, 0) is 27.0 Å². The number of aliphatic hydroxyl groups is 1. The Morgan fingerprint density at radius 3 is 2.47 bits per heavy atom. The van der Waals surface area contributed by atoms with Crippen LogP contribution in [0.15, 0.2) is 24.3 Å². The summed E-state index contributed by atoms with van der Waals surface area (Å²) < 4.78 is 13.3. The Morgan fingerprint density at radius 1 is 1.33 bits per heavy atom. The van der Waals surface area contributed by atoms with Crippen molar-refractivity contribution in [2.45, 2.75) is 26.0 Å². The monoisotopic (exact) mass is 211 g/mol. The zero-order chi connectivity index (χ0) is 11.4. The normalized spacial score (nSPS) is 13.5. The zero-order valence-electron chi connectivity index (χ0n) is 9.44. The van der Waals surface area contributed by atoms with Gasteiger partial charge in [-0.3, -0.25) is 0 Å². The second kappa shape index (κ2) is 5.24. The Morgan fingerprint density at radius 2 is 1.93 bits per heavy atom. The van der Waals surface area contributed by atoms with Crippen molar-refractivity contribution in [3.8, 4) is 0 Å². The number of benzene rings is 1. The van der Waals surface area contributed by atoms with Crippen LogP contribution in [0.4, 0.5) is 4.39 Å². The highest BCUT2D eigenvalue weighted by Crippen LogP contribution is 2.17. The molecule has 15 heavy (non-hydrogen) atoms. The van der Waals surface area contributed by atoms with Gasteiger partial charge in [-0.1, -0.05) is 18.2 Å². The van der Waals surface area contributed by atoms with Gasteiger partial charge in [0, 0.05) is 18.2 Å². The number of aliphatic hydroxyl groups excluding tert-OH is 1. The van der Waals surface area contributed by atoms with Crippen molar-refractivity contribution >= 4 is 0 Å². The first-order valence-corrected chi connectivity index (χ1v) is 5.15. The standard InChI is InChI=1S/C12H18FNO/c1-9(2)14(3)8-12(15)10-6-4-5-7-11(10)13/h4-7,9,12,15H,8H2,1-3H3. The maximum absolute atomic E-state index is 13.3. The van der Waals surface area contributed by atoms with Crippen LogP contribution < -0.4 is 0 Å². The third kappa shape index (κ3) is 3.29. The molecule has 0 fully saturated rings. The van der Waals surface area contributed by atoms with Gasteiger partial charge in [-0.2, -0.15) is 0 Å². The number of halogens is 1. The van der Waals surface area contributed by atoms with Crippen molar-refractivity contribution in [1.82, 2.24) is 4.90 Å². The van der Waals surface area contributed by atoms with E-state index in [4.69, 9.17) is 0 Å². The second-order valence-corrected chi connectivity index (χ2v) is 4.07. The quantitative estimate of drug-likeness (QED) is 0.825. The van der Waals surface area contributed by atoms with Crippen molar-refractivity contribution in [1.29, 1.82) is 0 Å². The lowest BCUT2D eigenvalue weighted by Crippen LogP contribution is -2.31. The number of hydrogen-bond acceptors (Lipinski definition) is 2. The first kappa shape index (κ1) is 12.1. The van der Waals surface area contributed by atoms with Gasteiger partial charge in [-0.25, -0.2) is 4.39 Å². The summed E-state index contributed by atoms with van der Waals surface area (Å²) in [7, 11) is 1.91. The predicted molar refractivity (Wildman–Crippen MR) is 59.1 cm³/mol. The molecule has 1 N–H and O–H groups in total. The minimum atomic E-state index is -0.765. The predicted octanol–water partition coefficient (Wildman–Crippen LogP) is 2.20. The number of likely N-dealkylation sites (N-methyl/N-ethyl adjacent to an activating group) is 1. The van der Waals surface area contributed by atoms with Crippen LogP contribution >= 0.6 is 0 Å². The van der Waals surface area contributed by atoms with Crippen molar-refractivity contribution in [3.05, 3.63) is 35.6 Å². The molecule has 0 aliphatic carbocycles. The van der Waals surface area contributed by atoms with Gasteiger partial charge in [0.1, 0.15) is 5.82 Å². The van der Waals surface area contributed by atoms with Gasteiger partial charge in [-0.15, -0.1) is 0 Å². The van der Waals surface area contributed by atoms with E-state index in [9.17, 15) is 9.50 Å². The molecule has 3 heteroatoms. The van der Waals surface area contributed by atoms with Gasteiger partial charge in [0.25, 0.3) is 0 Å². The highest BCUT2D eigenvalue weighted by molar-refractivity contribution is 5.19. The Hall–Kier alpha value is -0.930. The lowest BCUT2D eigenvalue weighted by molar-refractivity contribution is 0.109. The molecular formula is C12H18FNO. The number of nitrogens with zero attached hydrogens (tertiary/aromatic N) is 1. The second-order valence-electron chi connectivity index (χ2n) is 4.07. The molecule has 1 rings (SSSR count). The maximum atomic E-state index is 13.3. The molecule has 1 aromatic rings. The van der Waals surface area contributed by atoms with Gasteiger partial charge >= 0.3 is 0 Å². The average molecular weight is 211 g/mol. The summed E-state index contributed by atoms with van der Waals surface area (Å²) in [4.78, 5) is 1.98. The summed E-state index contributed by atoms with van der Waals surface area (Å²) in [6.45, 7) is 4.51. The van der Waals surface area contributed by atoms with Crippen LogP contribution in [-0.4, -0.2) is 29.6 Å². The average Bonchev–Trinajstić information content (AvgIpc) is 2.18. The third-order valence-corrected chi connectivity index (χ3v) is 2.61. The smallest absolute Gasteiger partial charge is 0.129 e. The summed E-state index contributed by atoms with van der Waals surface area (Å²) >= 11 is 0. The van der Waals surface area contributed by atoms with Crippen molar-refractivity contribution in [3.63, 3.8) is 0 Å². The van der Waals surface area contributed by atoms with Gasteiger partial charge < -0.3 is 10.0 Å². The first-order chi connectivity index (χ1) is 7.02. The molecule has 0 saturated carbocycles. The van der Waals surface area contributed by atoms with Crippen molar-refractivity contribution < 1.29 is 9.50 Å². The summed E-state index contributed by atoms with van der Waals surface area (Å²) in [5, 5.41) is 9.84. The van der Waals surface area contributed by atoms with E-state index in [0.717, 1.165) is 0 Å². The summed E-state index contributed by atoms with van der Waals surface area (Å²) in [5.74, 6) is -0.345. The first-order valence-electron chi connectivity index (χ1n) is 5.15. The SMILES string of the molecule is CC(C)N(C)CC(O)c1ccccc1F. The van der Waals surface area contributed by atoms with E-state index in [2.05, 4.69) is 0 Å². The van der Waals surface area contributed by atoms with Crippen LogP contribution in [0.2, 0.25) is 0 Å². The molecule has 0 saturated heterocycles. The van der Waals surface area contributed by atoms with Crippen LogP contribution in [0.3, 0.4) is 0 Å². The molecule has 0 aliphatic rings. The number of hydrogen-bond donors (Lipinski definition) is 1. The van der Waals surface area contributed by atoms with Crippen LogP contribution in [0.1, 0.15) is 25.5 Å². The lowest BCUT2D eigenvalue weighted by atomic mass is 10.1. The van der Waals surface area contributed by atoms with Gasteiger partial charge in [0.05, 0.1) is 6.10 Å². The minimum Gasteiger partial charge on any atom is -0.387 e. The van der Waals surface area contributed by atoms with Gasteiger partial charge in [0.2, 0.25) is 0 Å². The molecule has 0 aromatic heterocycles. The fourth-order valence-electron chi connectivity index (χ4n) is 1.33. The molecule has 1 unspecified atom stereocenters. The van der Waals surface area contributed by atoms with Crippen LogP contribution in [0.5, 0.6) is 0 Å². The maximum Gasteiger partial charge on any atom is 0.129 e. The molecule has 0 radical (unpaired) electrons. The Kier molecular flexibility index (Phi) is 4.24. The third-order valence-electron chi connectivity index (χ3n) is 2.61. The van der Waals surface area contributed by atoms with E-state index in [0.29, 0.717) is 18.2 Å². The fourth-order valence-corrected chi connectivity index (χ4v) is 1.33.